The molecule has 9 heteroatoms. The number of hydrogen-bond donors (Lipinski definition) is 1. The van der Waals surface area contributed by atoms with Gasteiger partial charge in [-0.3, -0.25) is 18.9 Å². The lowest BCUT2D eigenvalue weighted by atomic mass is 9.81. The van der Waals surface area contributed by atoms with Crippen LogP contribution >= 0.6 is 15.9 Å². The Balaban J connectivity index is 2.17. The van der Waals surface area contributed by atoms with Crippen molar-refractivity contribution in [2.75, 3.05) is 0 Å². The van der Waals surface area contributed by atoms with Gasteiger partial charge in [0.2, 0.25) is 0 Å². The fraction of sp³-hybridized carbons (Fsp3) is 0. The third kappa shape index (κ3) is 2.67. The number of rotatable bonds is 3. The van der Waals surface area contributed by atoms with Gasteiger partial charge in [0, 0.05) is 26.7 Å². The second kappa shape index (κ2) is 6.33. The third-order valence-electron chi connectivity index (χ3n) is 4.38. The molecule has 1 aromatic heterocycles. The Hall–Kier alpha value is -2.88. The summed E-state index contributed by atoms with van der Waals surface area (Å²) in [6.45, 7) is 0. The Morgan fingerprint density at radius 1 is 0.929 bits per heavy atom. The molecule has 3 aromatic rings. The second-order valence-corrected chi connectivity index (χ2v) is 8.22. The summed E-state index contributed by atoms with van der Waals surface area (Å²) in [6.07, 6.45) is 0.407. The quantitative estimate of drug-likeness (QED) is 0.366. The molecule has 0 fully saturated rings. The van der Waals surface area contributed by atoms with Gasteiger partial charge in [0.25, 0.3) is 10.1 Å². The van der Waals surface area contributed by atoms with Gasteiger partial charge in [-0.2, -0.15) is 8.42 Å². The number of ketones is 2. The predicted octanol–water partition coefficient (Wildman–Crippen LogP) is 3.54. The minimum atomic E-state index is -4.80. The lowest BCUT2D eigenvalue weighted by molar-refractivity contribution is 0.0978. The van der Waals surface area contributed by atoms with Crippen LogP contribution in [0, 0.1) is 0 Å². The first-order chi connectivity index (χ1) is 13.2. The van der Waals surface area contributed by atoms with Crippen molar-refractivity contribution in [1.29, 1.82) is 0 Å². The average Bonchev–Trinajstić information content (AvgIpc) is 3.13. The summed E-state index contributed by atoms with van der Waals surface area (Å²) in [5.74, 6) is -1.33. The summed E-state index contributed by atoms with van der Waals surface area (Å²) in [4.78, 5) is 36.5. The summed E-state index contributed by atoms with van der Waals surface area (Å²) < 4.78 is 39.1. The van der Waals surface area contributed by atoms with Crippen LogP contribution in [0.2, 0.25) is 0 Å². The zero-order valence-electron chi connectivity index (χ0n) is 13.8. The number of halogens is 1. The Labute approximate surface area is 166 Å². The molecule has 0 saturated heterocycles. The van der Waals surface area contributed by atoms with Gasteiger partial charge >= 0.3 is 0 Å². The fourth-order valence-corrected chi connectivity index (χ4v) is 4.71. The summed E-state index contributed by atoms with van der Waals surface area (Å²) in [7, 11) is -4.80. The highest BCUT2D eigenvalue weighted by molar-refractivity contribution is 9.10. The predicted molar refractivity (Wildman–Crippen MR) is 100 cm³/mol. The van der Waals surface area contributed by atoms with Gasteiger partial charge in [0.05, 0.1) is 5.56 Å². The van der Waals surface area contributed by atoms with Crippen LogP contribution in [0.3, 0.4) is 0 Å². The molecule has 0 atom stereocenters. The van der Waals surface area contributed by atoms with Crippen molar-refractivity contribution in [3.8, 4) is 11.3 Å². The molecule has 1 N–H and O–H groups in total. The number of furan rings is 1. The van der Waals surface area contributed by atoms with Gasteiger partial charge in [0.1, 0.15) is 10.7 Å². The molecule has 4 rings (SSSR count). The molecule has 0 bridgehead atoms. The van der Waals surface area contributed by atoms with Gasteiger partial charge < -0.3 is 4.42 Å². The van der Waals surface area contributed by atoms with Crippen molar-refractivity contribution in [3.63, 3.8) is 0 Å². The second-order valence-electron chi connectivity index (χ2n) is 5.98. The molecule has 0 radical (unpaired) electrons. The minimum absolute atomic E-state index is 0.0360. The van der Waals surface area contributed by atoms with E-state index in [0.29, 0.717) is 6.29 Å². The lowest BCUT2D eigenvalue weighted by Gasteiger charge is -2.22. The highest BCUT2D eigenvalue weighted by Gasteiger charge is 2.37. The monoisotopic (exact) mass is 460 g/mol. The standard InChI is InChI=1S/C19H9BrO7S/c20-12-7-14(28(24,25)26)16(13-6-5-9(8-21)27-13)17-15(12)18(22)10-3-1-2-4-11(10)19(17)23/h1-8H,(H,24,25,26). The van der Waals surface area contributed by atoms with Crippen LogP contribution in [-0.2, 0) is 10.1 Å². The summed E-state index contributed by atoms with van der Waals surface area (Å²) in [6, 6.07) is 9.75. The van der Waals surface area contributed by atoms with Crippen LogP contribution in [0.25, 0.3) is 11.3 Å². The zero-order chi connectivity index (χ0) is 20.2. The molecule has 0 amide bonds. The first-order valence-corrected chi connectivity index (χ1v) is 10.0. The number of aldehydes is 1. The van der Waals surface area contributed by atoms with Crippen molar-refractivity contribution in [1.82, 2.24) is 0 Å². The molecule has 0 saturated carbocycles. The van der Waals surface area contributed by atoms with E-state index in [-0.39, 0.29) is 43.8 Å². The van der Waals surface area contributed by atoms with Crippen molar-refractivity contribution in [3.05, 3.63) is 75.0 Å². The number of fused-ring (bicyclic) bond motifs is 2. The van der Waals surface area contributed by atoms with E-state index in [4.69, 9.17) is 4.42 Å². The number of carbonyl (C=O) groups excluding carboxylic acids is 3. The number of benzene rings is 2. The van der Waals surface area contributed by atoms with E-state index in [9.17, 15) is 27.4 Å². The molecule has 1 aliphatic carbocycles. The van der Waals surface area contributed by atoms with Gasteiger partial charge in [-0.15, -0.1) is 0 Å². The molecular weight excluding hydrogens is 452 g/mol. The maximum atomic E-state index is 13.2. The molecule has 7 nitrogen and oxygen atoms in total. The van der Waals surface area contributed by atoms with Crippen molar-refractivity contribution < 1.29 is 31.8 Å². The maximum Gasteiger partial charge on any atom is 0.295 e. The Morgan fingerprint density at radius 3 is 2.07 bits per heavy atom. The van der Waals surface area contributed by atoms with Crippen LogP contribution in [0.15, 0.2) is 56.2 Å². The van der Waals surface area contributed by atoms with E-state index in [1.165, 1.54) is 24.3 Å². The van der Waals surface area contributed by atoms with E-state index in [0.717, 1.165) is 6.07 Å². The molecule has 2 aromatic carbocycles. The summed E-state index contributed by atoms with van der Waals surface area (Å²) in [5.41, 5.74) is -0.267. The maximum absolute atomic E-state index is 13.2. The first kappa shape index (κ1) is 18.5. The largest absolute Gasteiger partial charge is 0.453 e. The zero-order valence-corrected chi connectivity index (χ0v) is 16.2. The smallest absolute Gasteiger partial charge is 0.295 e. The van der Waals surface area contributed by atoms with Crippen molar-refractivity contribution in [2.24, 2.45) is 0 Å². The van der Waals surface area contributed by atoms with E-state index in [2.05, 4.69) is 15.9 Å². The Bertz CT molecular complexity index is 1300. The van der Waals surface area contributed by atoms with Crippen LogP contribution in [0.1, 0.15) is 42.4 Å². The van der Waals surface area contributed by atoms with Crippen molar-refractivity contribution >= 4 is 43.9 Å². The first-order valence-electron chi connectivity index (χ1n) is 7.82. The lowest BCUT2D eigenvalue weighted by Crippen LogP contribution is -2.23. The molecule has 140 valence electrons. The normalized spacial score (nSPS) is 13.2. The van der Waals surface area contributed by atoms with Crippen molar-refractivity contribution in [2.45, 2.75) is 4.90 Å². The molecule has 0 aliphatic heterocycles. The third-order valence-corrected chi connectivity index (χ3v) is 5.88. The SMILES string of the molecule is O=Cc1ccc(-c2c(S(=O)(=O)O)cc(Br)c3c2C(=O)c2ccccc2C3=O)o1. The van der Waals surface area contributed by atoms with Gasteiger partial charge in [-0.1, -0.05) is 24.3 Å². The number of carbonyl (C=O) groups is 3. The highest BCUT2D eigenvalue weighted by atomic mass is 79.9. The van der Waals surface area contributed by atoms with Gasteiger partial charge in [-0.25, -0.2) is 0 Å². The van der Waals surface area contributed by atoms with E-state index in [1.54, 1.807) is 12.1 Å². The average molecular weight is 461 g/mol. The van der Waals surface area contributed by atoms with Crippen LogP contribution < -0.4 is 0 Å². The molecule has 1 heterocycles. The number of hydrogen-bond acceptors (Lipinski definition) is 6. The van der Waals surface area contributed by atoms with Gasteiger partial charge in [-0.05, 0) is 34.1 Å². The summed E-state index contributed by atoms with van der Waals surface area (Å²) >= 11 is 3.14. The Kier molecular flexibility index (Phi) is 4.18. The molecule has 28 heavy (non-hydrogen) atoms. The van der Waals surface area contributed by atoms with E-state index < -0.39 is 26.6 Å². The highest BCUT2D eigenvalue weighted by Crippen LogP contribution is 2.42. The molecule has 0 unspecified atom stereocenters. The minimum Gasteiger partial charge on any atom is -0.453 e. The molecular formula is C19H9BrO7S. The molecule has 1 aliphatic rings. The van der Waals surface area contributed by atoms with E-state index >= 15 is 0 Å². The van der Waals surface area contributed by atoms with E-state index in [1.807, 2.05) is 0 Å². The topological polar surface area (TPSA) is 119 Å². The van der Waals surface area contributed by atoms with Crippen LogP contribution in [-0.4, -0.2) is 30.8 Å². The fourth-order valence-electron chi connectivity index (χ4n) is 3.22. The summed E-state index contributed by atoms with van der Waals surface area (Å²) in [5, 5.41) is 0. The van der Waals surface area contributed by atoms with Crippen LogP contribution in [0.5, 0.6) is 0 Å². The Morgan fingerprint density at radius 2 is 1.54 bits per heavy atom. The van der Waals surface area contributed by atoms with Gasteiger partial charge in [0.15, 0.2) is 23.6 Å². The van der Waals surface area contributed by atoms with Crippen LogP contribution in [0.4, 0.5) is 0 Å². The molecule has 0 spiro atoms.